The van der Waals surface area contributed by atoms with Crippen LogP contribution in [0, 0.1) is 0 Å². The zero-order valence-corrected chi connectivity index (χ0v) is 22.2. The van der Waals surface area contributed by atoms with Crippen molar-refractivity contribution in [3.8, 4) is 0 Å². The maximum atomic E-state index is 11.4. The molecule has 0 radical (unpaired) electrons. The summed E-state index contributed by atoms with van der Waals surface area (Å²) in [5.74, 6) is 0. The SMILES string of the molecule is CCCCCCCCC(CCCCCCCCCC(O)CC)S(=O)(=O)[O-].[K+]. The van der Waals surface area contributed by atoms with Crippen molar-refractivity contribution in [2.24, 2.45) is 0 Å². The largest absolute Gasteiger partial charge is 1.00 e. The van der Waals surface area contributed by atoms with Gasteiger partial charge in [-0.25, -0.2) is 8.42 Å². The van der Waals surface area contributed by atoms with Crippen molar-refractivity contribution in [2.75, 3.05) is 0 Å². The predicted molar refractivity (Wildman–Crippen MR) is 109 cm³/mol. The summed E-state index contributed by atoms with van der Waals surface area (Å²) in [4.78, 5) is 0. The van der Waals surface area contributed by atoms with Gasteiger partial charge in [-0.05, 0) is 25.7 Å². The van der Waals surface area contributed by atoms with Crippen LogP contribution >= 0.6 is 0 Å². The number of aliphatic hydroxyl groups excluding tert-OH is 1. The van der Waals surface area contributed by atoms with Gasteiger partial charge < -0.3 is 9.66 Å². The quantitative estimate of drug-likeness (QED) is 0.194. The van der Waals surface area contributed by atoms with E-state index < -0.39 is 15.4 Å². The third-order valence-electron chi connectivity index (χ3n) is 5.32. The van der Waals surface area contributed by atoms with E-state index >= 15 is 0 Å². The summed E-state index contributed by atoms with van der Waals surface area (Å²) >= 11 is 0. The first-order chi connectivity index (χ1) is 12.4. The molecule has 0 heterocycles. The molecule has 0 aliphatic rings. The molecule has 0 aromatic rings. The van der Waals surface area contributed by atoms with E-state index in [9.17, 15) is 18.1 Å². The van der Waals surface area contributed by atoms with Crippen LogP contribution in [0.3, 0.4) is 0 Å². The number of rotatable bonds is 19. The van der Waals surface area contributed by atoms with Crippen LogP contribution in [0.1, 0.15) is 123 Å². The summed E-state index contributed by atoms with van der Waals surface area (Å²) in [6, 6.07) is 0. The Labute approximate surface area is 211 Å². The van der Waals surface area contributed by atoms with Crippen LogP contribution in [0.5, 0.6) is 0 Å². The molecule has 6 heteroatoms. The Balaban J connectivity index is 0. The molecule has 4 nitrogen and oxygen atoms in total. The molecule has 0 spiro atoms. The number of hydrogen-bond acceptors (Lipinski definition) is 4. The Bertz CT molecular complexity index is 401. The number of unbranched alkanes of at least 4 members (excludes halogenated alkanes) is 11. The second-order valence-electron chi connectivity index (χ2n) is 7.79. The second-order valence-corrected chi connectivity index (χ2v) is 9.44. The van der Waals surface area contributed by atoms with Crippen molar-refractivity contribution >= 4 is 10.1 Å². The van der Waals surface area contributed by atoms with Crippen molar-refractivity contribution in [1.29, 1.82) is 0 Å². The summed E-state index contributed by atoms with van der Waals surface area (Å²) in [7, 11) is -4.15. The van der Waals surface area contributed by atoms with Crippen LogP contribution in [-0.2, 0) is 10.1 Å². The van der Waals surface area contributed by atoms with Crippen LogP contribution in [0.2, 0.25) is 0 Å². The fourth-order valence-electron chi connectivity index (χ4n) is 3.43. The van der Waals surface area contributed by atoms with Gasteiger partial charge in [0.15, 0.2) is 0 Å². The molecule has 27 heavy (non-hydrogen) atoms. The fraction of sp³-hybridized carbons (Fsp3) is 1.00. The van der Waals surface area contributed by atoms with Gasteiger partial charge in [0.1, 0.15) is 0 Å². The molecule has 1 N–H and O–H groups in total. The normalized spacial score (nSPS) is 13.9. The van der Waals surface area contributed by atoms with Gasteiger partial charge in [0.25, 0.3) is 0 Å². The third-order valence-corrected chi connectivity index (χ3v) is 6.61. The molecule has 0 bridgehead atoms. The van der Waals surface area contributed by atoms with Crippen LogP contribution in [0.25, 0.3) is 0 Å². The van der Waals surface area contributed by atoms with Gasteiger partial charge in [0.05, 0.1) is 16.2 Å². The second kappa shape index (κ2) is 20.8. The molecule has 0 aromatic heterocycles. The molecule has 2 atom stereocenters. The van der Waals surface area contributed by atoms with Gasteiger partial charge in [-0.1, -0.05) is 97.3 Å². The van der Waals surface area contributed by atoms with Crippen LogP contribution in [0.15, 0.2) is 0 Å². The smallest absolute Gasteiger partial charge is 0.748 e. The predicted octanol–water partition coefficient (Wildman–Crippen LogP) is 2.94. The Hall–Kier alpha value is 1.51. The van der Waals surface area contributed by atoms with E-state index in [1.165, 1.54) is 25.7 Å². The first-order valence-corrected chi connectivity index (χ1v) is 12.5. The summed E-state index contributed by atoms with van der Waals surface area (Å²) in [5, 5.41) is 8.81. The van der Waals surface area contributed by atoms with Crippen LogP contribution < -0.4 is 51.4 Å². The zero-order chi connectivity index (χ0) is 19.7. The molecule has 0 rings (SSSR count). The molecule has 0 aromatic carbocycles. The monoisotopic (exact) mass is 430 g/mol. The van der Waals surface area contributed by atoms with E-state index in [0.29, 0.717) is 12.8 Å². The topological polar surface area (TPSA) is 77.4 Å². The molecule has 0 amide bonds. The van der Waals surface area contributed by atoms with Crippen molar-refractivity contribution in [2.45, 2.75) is 134 Å². The van der Waals surface area contributed by atoms with Gasteiger partial charge in [0, 0.05) is 5.25 Å². The molecule has 0 saturated heterocycles. The maximum absolute atomic E-state index is 11.4. The maximum Gasteiger partial charge on any atom is 1.00 e. The summed E-state index contributed by atoms with van der Waals surface area (Å²) in [6.07, 6.45) is 16.9. The van der Waals surface area contributed by atoms with Gasteiger partial charge in [-0.3, -0.25) is 0 Å². The van der Waals surface area contributed by atoms with E-state index in [-0.39, 0.29) is 57.5 Å². The first-order valence-electron chi connectivity index (χ1n) is 11.0. The van der Waals surface area contributed by atoms with Crippen LogP contribution in [-0.4, -0.2) is 29.4 Å². The molecule has 0 saturated carbocycles. The van der Waals surface area contributed by atoms with Gasteiger partial charge >= 0.3 is 51.4 Å². The molecular formula is C21H43KO4S. The van der Waals surface area contributed by atoms with E-state index in [2.05, 4.69) is 6.92 Å². The standard InChI is InChI=1S/C21H44O4S.K/c1-3-5-6-7-12-15-18-21(26(23,24)25)19-16-13-10-8-9-11-14-17-20(22)4-2;/h20-22H,3-19H2,1-2H3,(H,23,24,25);/q;+1/p-1. The Morgan fingerprint density at radius 1 is 0.704 bits per heavy atom. The van der Waals surface area contributed by atoms with E-state index in [1.54, 1.807) is 0 Å². The average molecular weight is 431 g/mol. The summed E-state index contributed by atoms with van der Waals surface area (Å²) in [5.41, 5.74) is 0. The Morgan fingerprint density at radius 2 is 1.07 bits per heavy atom. The van der Waals surface area contributed by atoms with Gasteiger partial charge in [-0.15, -0.1) is 0 Å². The van der Waals surface area contributed by atoms with E-state index in [0.717, 1.165) is 70.6 Å². The van der Waals surface area contributed by atoms with Gasteiger partial charge in [-0.2, -0.15) is 0 Å². The number of aliphatic hydroxyl groups is 1. The molecular weight excluding hydrogens is 387 g/mol. The number of hydrogen-bond donors (Lipinski definition) is 1. The minimum Gasteiger partial charge on any atom is -0.748 e. The van der Waals surface area contributed by atoms with Crippen molar-refractivity contribution in [3.05, 3.63) is 0 Å². The molecule has 158 valence electrons. The van der Waals surface area contributed by atoms with Crippen LogP contribution in [0.4, 0.5) is 0 Å². The van der Waals surface area contributed by atoms with Gasteiger partial charge in [0.2, 0.25) is 0 Å². The molecule has 0 aliphatic heterocycles. The Kier molecular flexibility index (Phi) is 23.6. The fourth-order valence-corrected chi connectivity index (χ4v) is 4.34. The molecule has 0 fully saturated rings. The average Bonchev–Trinajstić information content (AvgIpc) is 2.59. The minimum atomic E-state index is -4.15. The summed E-state index contributed by atoms with van der Waals surface area (Å²) < 4.78 is 34.3. The minimum absolute atomic E-state index is 0. The third kappa shape index (κ3) is 20.6. The van der Waals surface area contributed by atoms with E-state index in [1.807, 2.05) is 6.92 Å². The summed E-state index contributed by atoms with van der Waals surface area (Å²) in [6.45, 7) is 4.18. The molecule has 2 unspecified atom stereocenters. The Morgan fingerprint density at radius 3 is 1.44 bits per heavy atom. The zero-order valence-electron chi connectivity index (χ0n) is 18.3. The van der Waals surface area contributed by atoms with Crippen molar-refractivity contribution < 1.29 is 69.5 Å². The van der Waals surface area contributed by atoms with Crippen molar-refractivity contribution in [3.63, 3.8) is 0 Å². The molecule has 0 aliphatic carbocycles. The van der Waals surface area contributed by atoms with E-state index in [4.69, 9.17) is 0 Å². The van der Waals surface area contributed by atoms with Crippen molar-refractivity contribution in [1.82, 2.24) is 0 Å². The first kappa shape index (κ1) is 30.7.